The van der Waals surface area contributed by atoms with Crippen LogP contribution in [0.3, 0.4) is 0 Å². The lowest BCUT2D eigenvalue weighted by Gasteiger charge is -2.27. The molecule has 27 heavy (non-hydrogen) atoms. The van der Waals surface area contributed by atoms with E-state index in [0.717, 1.165) is 48.3 Å². The van der Waals surface area contributed by atoms with Crippen molar-refractivity contribution in [2.45, 2.75) is 13.1 Å². The maximum absolute atomic E-state index is 12.5. The topological polar surface area (TPSA) is 54.5 Å². The van der Waals surface area contributed by atoms with Gasteiger partial charge in [-0.05, 0) is 22.6 Å². The second-order valence-corrected chi connectivity index (χ2v) is 8.16. The molecule has 2 aromatic heterocycles. The van der Waals surface area contributed by atoms with Crippen LogP contribution in [0.1, 0.15) is 21.6 Å². The third-order valence-electron chi connectivity index (χ3n) is 4.52. The van der Waals surface area contributed by atoms with E-state index in [0.29, 0.717) is 12.2 Å². The summed E-state index contributed by atoms with van der Waals surface area (Å²) >= 11 is 3.14. The Balaban J connectivity index is 1.39. The molecule has 1 amide bonds. The molecule has 7 heteroatoms. The van der Waals surface area contributed by atoms with Gasteiger partial charge in [-0.3, -0.25) is 9.69 Å². The Morgan fingerprint density at radius 2 is 1.93 bits per heavy atom. The number of benzene rings is 1. The summed E-state index contributed by atoms with van der Waals surface area (Å²) in [6, 6.07) is 12.3. The van der Waals surface area contributed by atoms with E-state index in [9.17, 15) is 4.79 Å². The normalized spacial score (nSPS) is 15.0. The fourth-order valence-electron chi connectivity index (χ4n) is 3.04. The molecule has 0 aliphatic carbocycles. The number of carbonyl (C=O) groups excluding carboxylic acids is 1. The van der Waals surface area contributed by atoms with Crippen LogP contribution in [-0.4, -0.2) is 42.1 Å². The molecule has 4 rings (SSSR count). The van der Waals surface area contributed by atoms with Crippen LogP contribution in [0.25, 0.3) is 9.88 Å². The summed E-state index contributed by atoms with van der Waals surface area (Å²) in [6.07, 6.45) is 0. The largest absolute Gasteiger partial charge is 0.379 e. The van der Waals surface area contributed by atoms with Crippen molar-refractivity contribution in [3.63, 3.8) is 0 Å². The minimum atomic E-state index is -0.129. The van der Waals surface area contributed by atoms with Crippen molar-refractivity contribution in [1.29, 1.82) is 0 Å². The highest BCUT2D eigenvalue weighted by Crippen LogP contribution is 2.27. The van der Waals surface area contributed by atoms with Gasteiger partial charge < -0.3 is 10.1 Å². The number of amides is 1. The number of thiophene rings is 1. The minimum Gasteiger partial charge on any atom is -0.379 e. The molecule has 0 unspecified atom stereocenters. The summed E-state index contributed by atoms with van der Waals surface area (Å²) in [7, 11) is 0. The molecule has 3 aromatic rings. The van der Waals surface area contributed by atoms with Crippen LogP contribution in [0.4, 0.5) is 0 Å². The van der Waals surface area contributed by atoms with Gasteiger partial charge in [0.05, 0.1) is 18.1 Å². The van der Waals surface area contributed by atoms with Crippen LogP contribution < -0.4 is 5.32 Å². The lowest BCUT2D eigenvalue weighted by molar-refractivity contribution is 0.0340. The van der Waals surface area contributed by atoms with Gasteiger partial charge in [0, 0.05) is 31.6 Å². The second-order valence-electron chi connectivity index (χ2n) is 6.36. The monoisotopic (exact) mass is 399 g/mol. The Labute approximate surface area is 166 Å². The summed E-state index contributed by atoms with van der Waals surface area (Å²) in [6.45, 7) is 4.86. The van der Waals surface area contributed by atoms with Crippen LogP contribution >= 0.6 is 22.7 Å². The molecule has 0 radical (unpaired) electrons. The average molecular weight is 400 g/mol. The molecule has 1 aliphatic rings. The van der Waals surface area contributed by atoms with Crippen molar-refractivity contribution < 1.29 is 9.53 Å². The van der Waals surface area contributed by atoms with Gasteiger partial charge in [-0.2, -0.15) is 0 Å². The first-order valence-corrected chi connectivity index (χ1v) is 10.7. The Morgan fingerprint density at radius 3 is 2.70 bits per heavy atom. The smallest absolute Gasteiger partial charge is 0.271 e. The number of hydrogen-bond acceptors (Lipinski definition) is 6. The molecule has 1 saturated heterocycles. The van der Waals surface area contributed by atoms with Crippen molar-refractivity contribution in [1.82, 2.24) is 15.2 Å². The first kappa shape index (κ1) is 18.3. The van der Waals surface area contributed by atoms with Crippen molar-refractivity contribution in [3.8, 4) is 9.88 Å². The first-order chi connectivity index (χ1) is 13.3. The van der Waals surface area contributed by atoms with Crippen molar-refractivity contribution in [2.24, 2.45) is 0 Å². The van der Waals surface area contributed by atoms with Gasteiger partial charge in [-0.15, -0.1) is 22.7 Å². The number of thiazole rings is 1. The fraction of sp³-hybridized carbons (Fsp3) is 0.300. The average Bonchev–Trinajstić information content (AvgIpc) is 3.39. The predicted molar refractivity (Wildman–Crippen MR) is 109 cm³/mol. The highest BCUT2D eigenvalue weighted by Gasteiger charge is 2.15. The standard InChI is InChI=1S/C20H21N3O2S2/c24-19(17-14-27-20(22-17)18-6-3-11-26-18)21-12-15-4-1-2-5-16(15)13-23-7-9-25-10-8-23/h1-6,11,14H,7-10,12-13H2,(H,21,24). The number of aromatic nitrogens is 1. The fourth-order valence-corrected chi connectivity index (χ4v) is 4.66. The number of rotatable bonds is 6. The predicted octanol–water partition coefficient (Wildman–Crippen LogP) is 3.63. The summed E-state index contributed by atoms with van der Waals surface area (Å²) in [5.74, 6) is -0.129. The van der Waals surface area contributed by atoms with E-state index in [4.69, 9.17) is 4.74 Å². The third-order valence-corrected chi connectivity index (χ3v) is 6.41. The second kappa shape index (κ2) is 8.75. The van der Waals surface area contributed by atoms with Gasteiger partial charge >= 0.3 is 0 Å². The van der Waals surface area contributed by atoms with E-state index in [1.54, 1.807) is 11.3 Å². The Morgan fingerprint density at radius 1 is 1.11 bits per heavy atom. The molecule has 0 spiro atoms. The van der Waals surface area contributed by atoms with Crippen LogP contribution in [0, 0.1) is 0 Å². The summed E-state index contributed by atoms with van der Waals surface area (Å²) in [5, 5.41) is 7.75. The van der Waals surface area contributed by atoms with E-state index in [1.165, 1.54) is 16.9 Å². The zero-order valence-corrected chi connectivity index (χ0v) is 16.5. The lowest BCUT2D eigenvalue weighted by Crippen LogP contribution is -2.36. The lowest BCUT2D eigenvalue weighted by atomic mass is 10.1. The van der Waals surface area contributed by atoms with Gasteiger partial charge in [-0.1, -0.05) is 30.3 Å². The van der Waals surface area contributed by atoms with Gasteiger partial charge in [-0.25, -0.2) is 4.98 Å². The molecule has 0 saturated carbocycles. The summed E-state index contributed by atoms with van der Waals surface area (Å²) < 4.78 is 5.42. The van der Waals surface area contributed by atoms with Crippen molar-refractivity contribution in [2.75, 3.05) is 26.3 Å². The molecular weight excluding hydrogens is 378 g/mol. The summed E-state index contributed by atoms with van der Waals surface area (Å²) in [4.78, 5) is 20.5. The Bertz CT molecular complexity index is 886. The summed E-state index contributed by atoms with van der Waals surface area (Å²) in [5.41, 5.74) is 2.87. The molecule has 1 N–H and O–H groups in total. The molecule has 140 valence electrons. The first-order valence-electron chi connectivity index (χ1n) is 8.94. The molecule has 1 fully saturated rings. The number of ether oxygens (including phenoxy) is 1. The van der Waals surface area contributed by atoms with E-state index in [2.05, 4.69) is 33.4 Å². The van der Waals surface area contributed by atoms with Crippen molar-refractivity contribution in [3.05, 3.63) is 64.0 Å². The van der Waals surface area contributed by atoms with E-state index >= 15 is 0 Å². The SMILES string of the molecule is O=C(NCc1ccccc1CN1CCOCC1)c1csc(-c2cccs2)n1. The van der Waals surface area contributed by atoms with Gasteiger partial charge in [0.2, 0.25) is 0 Å². The number of carbonyl (C=O) groups is 1. The van der Waals surface area contributed by atoms with Crippen LogP contribution in [0.5, 0.6) is 0 Å². The van der Waals surface area contributed by atoms with Crippen LogP contribution in [0.2, 0.25) is 0 Å². The number of morpholine rings is 1. The van der Waals surface area contributed by atoms with Gasteiger partial charge in [0.25, 0.3) is 5.91 Å². The minimum absolute atomic E-state index is 0.129. The molecule has 5 nitrogen and oxygen atoms in total. The molecule has 1 aromatic carbocycles. The van der Waals surface area contributed by atoms with Gasteiger partial charge in [0.15, 0.2) is 0 Å². The molecule has 0 atom stereocenters. The number of hydrogen-bond donors (Lipinski definition) is 1. The molecule has 1 aliphatic heterocycles. The van der Waals surface area contributed by atoms with E-state index in [1.807, 2.05) is 29.0 Å². The zero-order valence-electron chi connectivity index (χ0n) is 14.9. The Kier molecular flexibility index (Phi) is 5.94. The number of nitrogens with zero attached hydrogens (tertiary/aromatic N) is 2. The molecule has 0 bridgehead atoms. The maximum Gasteiger partial charge on any atom is 0.271 e. The molecule has 3 heterocycles. The van der Waals surface area contributed by atoms with E-state index < -0.39 is 0 Å². The Hall–Kier alpha value is -2.06. The van der Waals surface area contributed by atoms with Crippen molar-refractivity contribution >= 4 is 28.6 Å². The maximum atomic E-state index is 12.5. The number of nitrogens with one attached hydrogen (secondary N) is 1. The quantitative estimate of drug-likeness (QED) is 0.688. The zero-order chi connectivity index (χ0) is 18.5. The third kappa shape index (κ3) is 4.62. The van der Waals surface area contributed by atoms with Crippen LogP contribution in [-0.2, 0) is 17.8 Å². The van der Waals surface area contributed by atoms with Crippen LogP contribution in [0.15, 0.2) is 47.2 Å². The van der Waals surface area contributed by atoms with Gasteiger partial charge in [0.1, 0.15) is 10.7 Å². The molecular formula is C20H21N3O2S2. The van der Waals surface area contributed by atoms with E-state index in [-0.39, 0.29) is 5.91 Å². The highest BCUT2D eigenvalue weighted by atomic mass is 32.1. The highest BCUT2D eigenvalue weighted by molar-refractivity contribution is 7.20.